The highest BCUT2D eigenvalue weighted by Gasteiger charge is 2.27. The van der Waals surface area contributed by atoms with Gasteiger partial charge in [-0.2, -0.15) is 5.10 Å². The van der Waals surface area contributed by atoms with Gasteiger partial charge in [-0.1, -0.05) is 35.9 Å². The zero-order valence-electron chi connectivity index (χ0n) is 18.5. The van der Waals surface area contributed by atoms with E-state index in [0.717, 1.165) is 5.39 Å². The lowest BCUT2D eigenvalue weighted by Crippen LogP contribution is -2.49. The van der Waals surface area contributed by atoms with Gasteiger partial charge in [0.2, 0.25) is 0 Å². The fourth-order valence-corrected chi connectivity index (χ4v) is 4.31. The molecule has 0 atom stereocenters. The topological polar surface area (TPSA) is 76.4 Å². The third-order valence-corrected chi connectivity index (χ3v) is 6.10. The molecular formula is C24H22ClFN6O2. The molecule has 2 aromatic carbocycles. The Morgan fingerprint density at radius 1 is 1.06 bits per heavy atom. The smallest absolute Gasteiger partial charge is 0.256 e. The van der Waals surface area contributed by atoms with E-state index in [9.17, 15) is 9.18 Å². The molecule has 0 unspecified atom stereocenters. The second-order valence-corrected chi connectivity index (χ2v) is 8.31. The third-order valence-electron chi connectivity index (χ3n) is 5.78. The molecule has 1 aliphatic rings. The number of anilines is 1. The maximum Gasteiger partial charge on any atom is 0.256 e. The highest BCUT2D eigenvalue weighted by atomic mass is 35.5. The number of carbonyl (C=O) groups is 1. The first-order valence-electron chi connectivity index (χ1n) is 10.8. The van der Waals surface area contributed by atoms with Crippen molar-refractivity contribution >= 4 is 34.4 Å². The van der Waals surface area contributed by atoms with E-state index < -0.39 is 5.82 Å². The Kier molecular flexibility index (Phi) is 6.12. The Hall–Kier alpha value is -3.56. The van der Waals surface area contributed by atoms with Gasteiger partial charge >= 0.3 is 0 Å². The number of hydrogen-bond donors (Lipinski definition) is 0. The van der Waals surface area contributed by atoms with Crippen LogP contribution in [-0.2, 0) is 11.3 Å². The molecule has 8 nitrogen and oxygen atoms in total. The van der Waals surface area contributed by atoms with E-state index >= 15 is 0 Å². The van der Waals surface area contributed by atoms with E-state index in [2.05, 4.69) is 15.0 Å². The molecular weight excluding hydrogens is 459 g/mol. The number of carbonyl (C=O) groups excluding carboxylic acids is 1. The van der Waals surface area contributed by atoms with Crippen LogP contribution in [0, 0.1) is 5.82 Å². The summed E-state index contributed by atoms with van der Waals surface area (Å²) in [6.07, 6.45) is 1.72. The normalized spacial score (nSPS) is 14.1. The van der Waals surface area contributed by atoms with Gasteiger partial charge in [0.1, 0.15) is 18.2 Å². The molecule has 0 saturated carbocycles. The molecule has 1 fully saturated rings. The molecule has 4 aromatic rings. The van der Waals surface area contributed by atoms with Crippen LogP contribution in [0.15, 0.2) is 54.7 Å². The summed E-state index contributed by atoms with van der Waals surface area (Å²) in [5.41, 5.74) is 1.42. The van der Waals surface area contributed by atoms with Crippen LogP contribution in [0.3, 0.4) is 0 Å². The van der Waals surface area contributed by atoms with Crippen molar-refractivity contribution in [3.63, 3.8) is 0 Å². The molecule has 1 saturated heterocycles. The average molecular weight is 481 g/mol. The van der Waals surface area contributed by atoms with Crippen molar-refractivity contribution in [1.29, 1.82) is 0 Å². The van der Waals surface area contributed by atoms with Gasteiger partial charge in [-0.05, 0) is 24.3 Å². The lowest BCUT2D eigenvalue weighted by atomic mass is 10.1. The predicted octanol–water partition coefficient (Wildman–Crippen LogP) is 3.72. The van der Waals surface area contributed by atoms with Crippen LogP contribution in [0.25, 0.3) is 16.7 Å². The number of para-hydroxylation sites is 1. The monoisotopic (exact) mass is 480 g/mol. The van der Waals surface area contributed by atoms with Crippen molar-refractivity contribution in [2.75, 3.05) is 38.2 Å². The Morgan fingerprint density at radius 2 is 1.79 bits per heavy atom. The van der Waals surface area contributed by atoms with Crippen molar-refractivity contribution in [1.82, 2.24) is 24.6 Å². The number of halogens is 2. The molecule has 5 rings (SSSR count). The average Bonchev–Trinajstić information content (AvgIpc) is 3.28. The summed E-state index contributed by atoms with van der Waals surface area (Å²) < 4.78 is 21.1. The van der Waals surface area contributed by atoms with E-state index in [4.69, 9.17) is 21.3 Å². The zero-order valence-corrected chi connectivity index (χ0v) is 19.2. The summed E-state index contributed by atoms with van der Waals surface area (Å²) in [5, 5.41) is 5.86. The SMILES string of the molecule is COCc1nc(N2CCN(C(=O)c3ccccc3F)CC2)c2cnn(-c3ccccc3Cl)c2n1. The first-order chi connectivity index (χ1) is 16.6. The summed E-state index contributed by atoms with van der Waals surface area (Å²) in [6.45, 7) is 2.20. The summed E-state index contributed by atoms with van der Waals surface area (Å²) in [7, 11) is 1.59. The van der Waals surface area contributed by atoms with Gasteiger partial charge in [0, 0.05) is 33.3 Å². The molecule has 0 N–H and O–H groups in total. The van der Waals surface area contributed by atoms with E-state index in [-0.39, 0.29) is 18.1 Å². The Labute approximate surface area is 200 Å². The molecule has 1 amide bonds. The number of fused-ring (bicyclic) bond motifs is 1. The standard InChI is InChI=1S/C24H22ClFN6O2/c1-34-15-21-28-22(17-14-27-32(23(17)29-21)20-9-5-3-7-18(20)25)30-10-12-31(13-11-30)24(33)16-6-2-4-8-19(16)26/h2-9,14H,10-13,15H2,1H3. The maximum absolute atomic E-state index is 14.1. The maximum atomic E-state index is 14.1. The quantitative estimate of drug-likeness (QED) is 0.433. The van der Waals surface area contributed by atoms with Crippen molar-refractivity contribution in [2.24, 2.45) is 0 Å². The van der Waals surface area contributed by atoms with Gasteiger partial charge in [0.15, 0.2) is 11.5 Å². The molecule has 2 aromatic heterocycles. The van der Waals surface area contributed by atoms with Crippen molar-refractivity contribution in [2.45, 2.75) is 6.61 Å². The number of aromatic nitrogens is 4. The minimum atomic E-state index is -0.511. The Bertz CT molecular complexity index is 1350. The highest BCUT2D eigenvalue weighted by molar-refractivity contribution is 6.32. The van der Waals surface area contributed by atoms with Crippen molar-refractivity contribution in [3.05, 3.63) is 77.0 Å². The lowest BCUT2D eigenvalue weighted by Gasteiger charge is -2.35. The molecule has 0 radical (unpaired) electrons. The zero-order chi connectivity index (χ0) is 23.7. The van der Waals surface area contributed by atoms with Crippen LogP contribution in [0.5, 0.6) is 0 Å². The number of amides is 1. The summed E-state index contributed by atoms with van der Waals surface area (Å²) in [6, 6.07) is 13.5. The predicted molar refractivity (Wildman–Crippen MR) is 127 cm³/mol. The third kappa shape index (κ3) is 4.08. The minimum Gasteiger partial charge on any atom is -0.377 e. The number of rotatable bonds is 5. The number of piperazine rings is 1. The van der Waals surface area contributed by atoms with Crippen LogP contribution in [0.2, 0.25) is 5.02 Å². The van der Waals surface area contributed by atoms with Gasteiger partial charge in [-0.3, -0.25) is 4.79 Å². The van der Waals surface area contributed by atoms with Crippen LogP contribution in [0.1, 0.15) is 16.2 Å². The molecule has 10 heteroatoms. The largest absolute Gasteiger partial charge is 0.377 e. The van der Waals surface area contributed by atoms with Gasteiger partial charge in [0.25, 0.3) is 5.91 Å². The molecule has 0 bridgehead atoms. The molecule has 174 valence electrons. The second-order valence-electron chi connectivity index (χ2n) is 7.90. The van der Waals surface area contributed by atoms with Crippen LogP contribution in [-0.4, -0.2) is 63.8 Å². The first kappa shape index (κ1) is 22.2. The van der Waals surface area contributed by atoms with E-state index in [1.54, 1.807) is 41.1 Å². The Morgan fingerprint density at radius 3 is 2.53 bits per heavy atom. The van der Waals surface area contributed by atoms with Gasteiger partial charge in [0.05, 0.1) is 27.9 Å². The van der Waals surface area contributed by atoms with Crippen molar-refractivity contribution in [3.8, 4) is 5.69 Å². The summed E-state index contributed by atoms with van der Waals surface area (Å²) in [4.78, 5) is 25.9. The highest BCUT2D eigenvalue weighted by Crippen LogP contribution is 2.29. The van der Waals surface area contributed by atoms with Crippen molar-refractivity contribution < 1.29 is 13.9 Å². The minimum absolute atomic E-state index is 0.0868. The van der Waals surface area contributed by atoms with Gasteiger partial charge in [-0.25, -0.2) is 19.0 Å². The fourth-order valence-electron chi connectivity index (χ4n) is 4.10. The number of nitrogens with zero attached hydrogens (tertiary/aromatic N) is 6. The van der Waals surface area contributed by atoms with Gasteiger partial charge < -0.3 is 14.5 Å². The summed E-state index contributed by atoms with van der Waals surface area (Å²) in [5.74, 6) is 0.415. The fraction of sp³-hybridized carbons (Fsp3) is 0.250. The van der Waals surface area contributed by atoms with Crippen LogP contribution in [0.4, 0.5) is 10.2 Å². The van der Waals surface area contributed by atoms with Crippen LogP contribution < -0.4 is 4.90 Å². The second kappa shape index (κ2) is 9.36. The molecule has 34 heavy (non-hydrogen) atoms. The molecule has 0 spiro atoms. The number of hydrogen-bond acceptors (Lipinski definition) is 6. The molecule has 3 heterocycles. The number of benzene rings is 2. The summed E-state index contributed by atoms with van der Waals surface area (Å²) >= 11 is 6.41. The molecule has 0 aliphatic carbocycles. The van der Waals surface area contributed by atoms with E-state index in [0.29, 0.717) is 54.2 Å². The van der Waals surface area contributed by atoms with E-state index in [1.807, 2.05) is 18.2 Å². The first-order valence-corrected chi connectivity index (χ1v) is 11.2. The number of ether oxygens (including phenoxy) is 1. The van der Waals surface area contributed by atoms with Gasteiger partial charge in [-0.15, -0.1) is 0 Å². The van der Waals surface area contributed by atoms with E-state index in [1.165, 1.54) is 12.1 Å². The lowest BCUT2D eigenvalue weighted by molar-refractivity contribution is 0.0742. The molecule has 1 aliphatic heterocycles. The number of methoxy groups -OCH3 is 1. The van der Waals surface area contributed by atoms with Crippen LogP contribution >= 0.6 is 11.6 Å². The Balaban J connectivity index is 1.45.